The molecule has 4 rings (SSSR count). The number of rotatable bonds is 5. The zero-order chi connectivity index (χ0) is 20.6. The number of fused-ring (bicyclic) bond motifs is 1. The minimum absolute atomic E-state index is 0.0574. The Kier molecular flexibility index (Phi) is 5.33. The van der Waals surface area contributed by atoms with Crippen LogP contribution in [0.1, 0.15) is 5.56 Å². The number of benzene rings is 3. The van der Waals surface area contributed by atoms with Crippen LogP contribution in [0.4, 0.5) is 10.2 Å². The van der Waals surface area contributed by atoms with Crippen LogP contribution in [0.15, 0.2) is 76.2 Å². The number of nitrogens with one attached hydrogen (secondary N) is 1. The van der Waals surface area contributed by atoms with E-state index < -0.39 is 15.8 Å². The van der Waals surface area contributed by atoms with E-state index in [0.29, 0.717) is 4.47 Å². The standard InChI is InChI=1S/C20H14BrClFN3O2S/c21-17-12-26(11-16-18(22)6-3-7-19(16)23)24-20(17)25-29(27,28)15-9-8-13-4-1-2-5-14(13)10-15/h1-10,12H,11H2,(H,24,25). The fraction of sp³-hybridized carbons (Fsp3) is 0.0500. The van der Waals surface area contributed by atoms with Crippen LogP contribution in [0.25, 0.3) is 10.8 Å². The molecule has 0 unspecified atom stereocenters. The summed E-state index contributed by atoms with van der Waals surface area (Å²) >= 11 is 9.35. The molecule has 0 aliphatic carbocycles. The van der Waals surface area contributed by atoms with Gasteiger partial charge >= 0.3 is 0 Å². The summed E-state index contributed by atoms with van der Waals surface area (Å²) in [5, 5.41) is 6.24. The average Bonchev–Trinajstić information content (AvgIpc) is 3.03. The highest BCUT2D eigenvalue weighted by molar-refractivity contribution is 9.10. The summed E-state index contributed by atoms with van der Waals surface area (Å²) in [5.74, 6) is -0.354. The van der Waals surface area contributed by atoms with Gasteiger partial charge in [0.1, 0.15) is 5.82 Å². The number of sulfonamides is 1. The van der Waals surface area contributed by atoms with Crippen molar-refractivity contribution in [3.63, 3.8) is 0 Å². The molecule has 0 atom stereocenters. The van der Waals surface area contributed by atoms with Crippen molar-refractivity contribution in [3.05, 3.63) is 87.7 Å². The lowest BCUT2D eigenvalue weighted by Crippen LogP contribution is -2.14. The van der Waals surface area contributed by atoms with Crippen LogP contribution in [-0.2, 0) is 16.6 Å². The Morgan fingerprint density at radius 3 is 2.59 bits per heavy atom. The van der Waals surface area contributed by atoms with Crippen LogP contribution in [-0.4, -0.2) is 18.2 Å². The molecule has 9 heteroatoms. The second-order valence-electron chi connectivity index (χ2n) is 6.34. The third kappa shape index (κ3) is 4.14. The van der Waals surface area contributed by atoms with Crippen LogP contribution in [0.3, 0.4) is 0 Å². The van der Waals surface area contributed by atoms with E-state index in [-0.39, 0.29) is 27.8 Å². The smallest absolute Gasteiger partial charge is 0.263 e. The monoisotopic (exact) mass is 493 g/mol. The number of aromatic nitrogens is 2. The molecule has 29 heavy (non-hydrogen) atoms. The van der Waals surface area contributed by atoms with E-state index >= 15 is 0 Å². The SMILES string of the molecule is O=S(=O)(Nc1nn(Cc2c(F)cccc2Cl)cc1Br)c1ccc2ccccc2c1. The first kappa shape index (κ1) is 19.9. The minimum atomic E-state index is -3.86. The van der Waals surface area contributed by atoms with Crippen LogP contribution in [0, 0.1) is 5.82 Å². The van der Waals surface area contributed by atoms with Crippen molar-refractivity contribution in [1.82, 2.24) is 9.78 Å². The Morgan fingerprint density at radius 1 is 1.07 bits per heavy atom. The predicted octanol–water partition coefficient (Wildman–Crippen LogP) is 5.44. The quantitative estimate of drug-likeness (QED) is 0.402. The summed E-state index contributed by atoms with van der Waals surface area (Å²) in [7, 11) is -3.86. The van der Waals surface area contributed by atoms with Gasteiger partial charge in [-0.2, -0.15) is 5.10 Å². The van der Waals surface area contributed by atoms with E-state index in [0.717, 1.165) is 10.8 Å². The highest BCUT2D eigenvalue weighted by Crippen LogP contribution is 2.27. The number of hydrogen-bond acceptors (Lipinski definition) is 3. The van der Waals surface area contributed by atoms with Gasteiger partial charge in [-0.25, -0.2) is 12.8 Å². The lowest BCUT2D eigenvalue weighted by molar-refractivity contribution is 0.585. The molecular weight excluding hydrogens is 481 g/mol. The number of halogens is 3. The third-order valence-electron chi connectivity index (χ3n) is 4.36. The zero-order valence-electron chi connectivity index (χ0n) is 14.8. The molecule has 3 aromatic carbocycles. The summed E-state index contributed by atoms with van der Waals surface area (Å²) < 4.78 is 43.9. The van der Waals surface area contributed by atoms with E-state index in [2.05, 4.69) is 25.8 Å². The van der Waals surface area contributed by atoms with Crippen molar-refractivity contribution in [2.24, 2.45) is 0 Å². The van der Waals surface area contributed by atoms with Crippen molar-refractivity contribution in [2.75, 3.05) is 4.72 Å². The number of hydrogen-bond donors (Lipinski definition) is 1. The normalized spacial score (nSPS) is 11.7. The summed E-state index contributed by atoms with van der Waals surface area (Å²) in [4.78, 5) is 0.120. The molecular formula is C20H14BrClFN3O2S. The largest absolute Gasteiger partial charge is 0.265 e. The molecule has 1 N–H and O–H groups in total. The number of anilines is 1. The van der Waals surface area contributed by atoms with Crippen LogP contribution >= 0.6 is 27.5 Å². The molecule has 0 spiro atoms. The maximum Gasteiger partial charge on any atom is 0.263 e. The molecule has 0 saturated carbocycles. The van der Waals surface area contributed by atoms with Gasteiger partial charge < -0.3 is 0 Å². The first-order chi connectivity index (χ1) is 13.8. The van der Waals surface area contributed by atoms with E-state index in [4.69, 9.17) is 11.6 Å². The van der Waals surface area contributed by atoms with Gasteiger partial charge in [-0.1, -0.05) is 48.0 Å². The Balaban J connectivity index is 1.62. The van der Waals surface area contributed by atoms with Gasteiger partial charge in [0, 0.05) is 16.8 Å². The highest BCUT2D eigenvalue weighted by atomic mass is 79.9. The maximum absolute atomic E-state index is 14.0. The maximum atomic E-state index is 14.0. The van der Waals surface area contributed by atoms with Gasteiger partial charge in [0.2, 0.25) is 0 Å². The van der Waals surface area contributed by atoms with Gasteiger partial charge in [0.05, 0.1) is 15.9 Å². The van der Waals surface area contributed by atoms with Crippen molar-refractivity contribution >= 4 is 54.1 Å². The van der Waals surface area contributed by atoms with Gasteiger partial charge in [0.15, 0.2) is 5.82 Å². The summed E-state index contributed by atoms with van der Waals surface area (Å²) in [6, 6.07) is 16.8. The van der Waals surface area contributed by atoms with Gasteiger partial charge in [-0.15, -0.1) is 0 Å². The average molecular weight is 495 g/mol. The molecule has 0 bridgehead atoms. The summed E-state index contributed by atoms with van der Waals surface area (Å²) in [6.45, 7) is 0.0574. The van der Waals surface area contributed by atoms with E-state index in [1.54, 1.807) is 24.4 Å². The van der Waals surface area contributed by atoms with E-state index in [1.807, 2.05) is 24.3 Å². The first-order valence-electron chi connectivity index (χ1n) is 8.51. The predicted molar refractivity (Wildman–Crippen MR) is 115 cm³/mol. The molecule has 0 saturated heterocycles. The molecule has 1 aromatic heterocycles. The van der Waals surface area contributed by atoms with Crippen LogP contribution < -0.4 is 4.72 Å². The lowest BCUT2D eigenvalue weighted by atomic mass is 10.1. The Labute approximate surface area is 180 Å². The van der Waals surface area contributed by atoms with Gasteiger partial charge in [-0.3, -0.25) is 9.40 Å². The fourth-order valence-electron chi connectivity index (χ4n) is 2.91. The molecule has 0 amide bonds. The van der Waals surface area contributed by atoms with Crippen molar-refractivity contribution < 1.29 is 12.8 Å². The minimum Gasteiger partial charge on any atom is -0.265 e. The first-order valence-corrected chi connectivity index (χ1v) is 11.2. The van der Waals surface area contributed by atoms with E-state index in [1.165, 1.54) is 22.9 Å². The highest BCUT2D eigenvalue weighted by Gasteiger charge is 2.19. The summed E-state index contributed by atoms with van der Waals surface area (Å²) in [6.07, 6.45) is 1.56. The van der Waals surface area contributed by atoms with Crippen molar-refractivity contribution in [1.29, 1.82) is 0 Å². The molecule has 4 aromatic rings. The second kappa shape index (κ2) is 7.78. The molecule has 148 valence electrons. The van der Waals surface area contributed by atoms with Crippen LogP contribution in [0.5, 0.6) is 0 Å². The topological polar surface area (TPSA) is 64.0 Å². The second-order valence-corrected chi connectivity index (χ2v) is 9.28. The van der Waals surface area contributed by atoms with Crippen molar-refractivity contribution in [3.8, 4) is 0 Å². The fourth-order valence-corrected chi connectivity index (χ4v) is 4.73. The molecule has 5 nitrogen and oxygen atoms in total. The lowest BCUT2D eigenvalue weighted by Gasteiger charge is -2.08. The Bertz CT molecular complexity index is 1300. The summed E-state index contributed by atoms with van der Waals surface area (Å²) in [5.41, 5.74) is 0.271. The molecule has 0 fully saturated rings. The third-order valence-corrected chi connectivity index (χ3v) is 6.63. The van der Waals surface area contributed by atoms with Gasteiger partial charge in [-0.05, 0) is 51.0 Å². The molecule has 0 radical (unpaired) electrons. The van der Waals surface area contributed by atoms with Crippen molar-refractivity contribution in [2.45, 2.75) is 11.4 Å². The zero-order valence-corrected chi connectivity index (χ0v) is 18.0. The Morgan fingerprint density at radius 2 is 1.83 bits per heavy atom. The van der Waals surface area contributed by atoms with Gasteiger partial charge in [0.25, 0.3) is 10.0 Å². The molecule has 0 aliphatic rings. The van der Waals surface area contributed by atoms with Crippen LogP contribution in [0.2, 0.25) is 5.02 Å². The molecule has 1 heterocycles. The number of nitrogens with zero attached hydrogens (tertiary/aromatic N) is 2. The van der Waals surface area contributed by atoms with E-state index in [9.17, 15) is 12.8 Å². The Hall–Kier alpha value is -2.42. The molecule has 0 aliphatic heterocycles.